The summed E-state index contributed by atoms with van der Waals surface area (Å²) >= 11 is 0. The molecular formula is C25H31FN2O3. The molecule has 1 saturated heterocycles. The van der Waals surface area contributed by atoms with Crippen LogP contribution in [0.15, 0.2) is 48.5 Å². The second-order valence-electron chi connectivity index (χ2n) is 7.94. The lowest BCUT2D eigenvalue weighted by molar-refractivity contribution is -0.143. The van der Waals surface area contributed by atoms with Crippen LogP contribution in [0.25, 0.3) is 0 Å². The summed E-state index contributed by atoms with van der Waals surface area (Å²) in [5.74, 6) is 0.0881. The number of carbonyl (C=O) groups is 2. The summed E-state index contributed by atoms with van der Waals surface area (Å²) in [5.41, 5.74) is 1.83. The number of benzene rings is 2. The zero-order chi connectivity index (χ0) is 22.2. The van der Waals surface area contributed by atoms with Gasteiger partial charge in [0.2, 0.25) is 11.8 Å². The molecule has 1 aliphatic rings. The maximum Gasteiger partial charge on any atom is 0.225 e. The fourth-order valence-corrected chi connectivity index (χ4v) is 4.23. The Bertz CT molecular complexity index is 885. The molecule has 2 aromatic carbocycles. The third-order valence-corrected chi connectivity index (χ3v) is 5.88. The van der Waals surface area contributed by atoms with E-state index in [1.165, 1.54) is 12.1 Å². The SMILES string of the molecule is CCCCN1C(=O)CC[C@H](C(=O)NCCc2ccc(F)cc2)[C@H]1c1ccccc1OC. The molecule has 1 fully saturated rings. The number of hydrogen-bond donors (Lipinski definition) is 1. The van der Waals surface area contributed by atoms with E-state index in [4.69, 9.17) is 4.74 Å². The Hall–Kier alpha value is -2.89. The van der Waals surface area contributed by atoms with Crippen molar-refractivity contribution in [3.8, 4) is 5.75 Å². The van der Waals surface area contributed by atoms with E-state index in [0.717, 1.165) is 24.0 Å². The first kappa shape index (κ1) is 22.8. The summed E-state index contributed by atoms with van der Waals surface area (Å²) in [7, 11) is 1.61. The largest absolute Gasteiger partial charge is 0.496 e. The van der Waals surface area contributed by atoms with Crippen LogP contribution < -0.4 is 10.1 Å². The second-order valence-corrected chi connectivity index (χ2v) is 7.94. The van der Waals surface area contributed by atoms with Crippen molar-refractivity contribution in [3.05, 3.63) is 65.5 Å². The smallest absolute Gasteiger partial charge is 0.225 e. The molecule has 0 saturated carbocycles. The van der Waals surface area contributed by atoms with Gasteiger partial charge in [-0.05, 0) is 43.0 Å². The lowest BCUT2D eigenvalue weighted by Gasteiger charge is -2.41. The highest BCUT2D eigenvalue weighted by Crippen LogP contribution is 2.40. The first-order chi connectivity index (χ1) is 15.0. The van der Waals surface area contributed by atoms with Gasteiger partial charge in [-0.2, -0.15) is 0 Å². The molecule has 2 atom stereocenters. The zero-order valence-corrected chi connectivity index (χ0v) is 18.3. The Labute approximate surface area is 183 Å². The number of halogens is 1. The first-order valence-corrected chi connectivity index (χ1v) is 11.0. The maximum absolute atomic E-state index is 13.2. The normalized spacial score (nSPS) is 18.7. The Morgan fingerprint density at radius 3 is 2.65 bits per heavy atom. The van der Waals surface area contributed by atoms with Crippen LogP contribution in [-0.4, -0.2) is 36.9 Å². The third kappa shape index (κ3) is 5.63. The van der Waals surface area contributed by atoms with Crippen molar-refractivity contribution in [1.29, 1.82) is 0 Å². The number of nitrogens with one attached hydrogen (secondary N) is 1. The summed E-state index contributed by atoms with van der Waals surface area (Å²) in [5, 5.41) is 3.03. The van der Waals surface area contributed by atoms with E-state index in [-0.39, 0.29) is 29.6 Å². The Balaban J connectivity index is 1.78. The molecule has 166 valence electrons. The fraction of sp³-hybridized carbons (Fsp3) is 0.440. The number of methoxy groups -OCH3 is 1. The standard InChI is InChI=1S/C25H31FN2O3/c1-3-4-17-28-23(29)14-13-21(24(28)20-7-5-6-8-22(20)31-2)25(30)27-16-15-18-9-11-19(26)12-10-18/h5-12,21,24H,3-4,13-17H2,1-2H3,(H,27,30)/t21-,24+/m0/s1. The van der Waals surface area contributed by atoms with E-state index in [0.29, 0.717) is 38.1 Å². The molecule has 2 amide bonds. The summed E-state index contributed by atoms with van der Waals surface area (Å²) in [6.07, 6.45) is 3.35. The molecular weight excluding hydrogens is 395 g/mol. The molecule has 0 spiro atoms. The number of ether oxygens (including phenoxy) is 1. The number of piperidine rings is 1. The molecule has 2 aromatic rings. The first-order valence-electron chi connectivity index (χ1n) is 11.0. The van der Waals surface area contributed by atoms with Crippen molar-refractivity contribution in [1.82, 2.24) is 10.2 Å². The average molecular weight is 427 g/mol. The number of hydrogen-bond acceptors (Lipinski definition) is 3. The van der Waals surface area contributed by atoms with Crippen molar-refractivity contribution in [2.75, 3.05) is 20.2 Å². The summed E-state index contributed by atoms with van der Waals surface area (Å²) in [6, 6.07) is 13.6. The van der Waals surface area contributed by atoms with E-state index in [1.54, 1.807) is 19.2 Å². The van der Waals surface area contributed by atoms with Crippen LogP contribution in [0.4, 0.5) is 4.39 Å². The second kappa shape index (κ2) is 10.9. The van der Waals surface area contributed by atoms with Gasteiger partial charge < -0.3 is 15.0 Å². The van der Waals surface area contributed by atoms with E-state index in [2.05, 4.69) is 12.2 Å². The van der Waals surface area contributed by atoms with Crippen LogP contribution in [0.2, 0.25) is 0 Å². The van der Waals surface area contributed by atoms with Crippen LogP contribution in [0.3, 0.4) is 0 Å². The molecule has 1 aliphatic heterocycles. The van der Waals surface area contributed by atoms with Crippen molar-refractivity contribution in [2.24, 2.45) is 5.92 Å². The molecule has 31 heavy (non-hydrogen) atoms. The van der Waals surface area contributed by atoms with Gasteiger partial charge >= 0.3 is 0 Å². The van der Waals surface area contributed by atoms with Gasteiger partial charge in [0.1, 0.15) is 11.6 Å². The van der Waals surface area contributed by atoms with Gasteiger partial charge in [0.25, 0.3) is 0 Å². The third-order valence-electron chi connectivity index (χ3n) is 5.88. The van der Waals surface area contributed by atoms with Gasteiger partial charge in [-0.1, -0.05) is 43.7 Å². The van der Waals surface area contributed by atoms with E-state index in [1.807, 2.05) is 29.2 Å². The number of carbonyl (C=O) groups excluding carboxylic acids is 2. The van der Waals surface area contributed by atoms with Crippen molar-refractivity contribution in [3.63, 3.8) is 0 Å². The number of unbranched alkanes of at least 4 members (excludes halogenated alkanes) is 1. The van der Waals surface area contributed by atoms with Gasteiger partial charge in [0, 0.05) is 25.1 Å². The van der Waals surface area contributed by atoms with Crippen LogP contribution >= 0.6 is 0 Å². The Morgan fingerprint density at radius 1 is 1.19 bits per heavy atom. The topological polar surface area (TPSA) is 58.6 Å². The summed E-state index contributed by atoms with van der Waals surface area (Å²) in [6.45, 7) is 3.17. The highest BCUT2D eigenvalue weighted by Gasteiger charge is 2.41. The molecule has 3 rings (SSSR count). The van der Waals surface area contributed by atoms with Gasteiger partial charge in [-0.25, -0.2) is 4.39 Å². The molecule has 1 N–H and O–H groups in total. The summed E-state index contributed by atoms with van der Waals surface area (Å²) < 4.78 is 18.7. The molecule has 5 nitrogen and oxygen atoms in total. The average Bonchev–Trinajstić information content (AvgIpc) is 2.79. The van der Waals surface area contributed by atoms with Gasteiger partial charge in [0.05, 0.1) is 19.1 Å². The highest BCUT2D eigenvalue weighted by atomic mass is 19.1. The van der Waals surface area contributed by atoms with E-state index >= 15 is 0 Å². The quantitative estimate of drug-likeness (QED) is 0.651. The lowest BCUT2D eigenvalue weighted by atomic mass is 9.83. The predicted octanol–water partition coefficient (Wildman–Crippen LogP) is 4.27. The minimum atomic E-state index is -0.352. The highest BCUT2D eigenvalue weighted by molar-refractivity contribution is 5.85. The molecule has 1 heterocycles. The number of nitrogens with zero attached hydrogens (tertiary/aromatic N) is 1. The van der Waals surface area contributed by atoms with Crippen LogP contribution in [0.5, 0.6) is 5.75 Å². The molecule has 0 bridgehead atoms. The van der Waals surface area contributed by atoms with E-state index in [9.17, 15) is 14.0 Å². The van der Waals surface area contributed by atoms with Crippen molar-refractivity contribution < 1.29 is 18.7 Å². The monoisotopic (exact) mass is 426 g/mol. The van der Waals surface area contributed by atoms with Gasteiger partial charge in [0.15, 0.2) is 0 Å². The van der Waals surface area contributed by atoms with Crippen molar-refractivity contribution >= 4 is 11.8 Å². The Morgan fingerprint density at radius 2 is 1.94 bits per heavy atom. The van der Waals surface area contributed by atoms with Gasteiger partial charge in [-0.15, -0.1) is 0 Å². The predicted molar refractivity (Wildman–Crippen MR) is 118 cm³/mol. The van der Waals surface area contributed by atoms with Crippen molar-refractivity contribution in [2.45, 2.75) is 45.1 Å². The number of amides is 2. The summed E-state index contributed by atoms with van der Waals surface area (Å²) in [4.78, 5) is 27.9. The van der Waals surface area contributed by atoms with Crippen LogP contribution in [0.1, 0.15) is 49.8 Å². The zero-order valence-electron chi connectivity index (χ0n) is 18.3. The molecule has 6 heteroatoms. The van der Waals surface area contributed by atoms with E-state index < -0.39 is 0 Å². The molecule has 0 unspecified atom stereocenters. The minimum absolute atomic E-state index is 0.0629. The molecule has 0 radical (unpaired) electrons. The maximum atomic E-state index is 13.2. The molecule has 0 aliphatic carbocycles. The van der Waals surface area contributed by atoms with Gasteiger partial charge in [-0.3, -0.25) is 9.59 Å². The number of rotatable bonds is 9. The van der Waals surface area contributed by atoms with Crippen LogP contribution in [-0.2, 0) is 16.0 Å². The lowest BCUT2D eigenvalue weighted by Crippen LogP contribution is -2.48. The fourth-order valence-electron chi connectivity index (χ4n) is 4.23. The number of para-hydroxylation sites is 1. The van der Waals surface area contributed by atoms with Crippen LogP contribution in [0, 0.1) is 11.7 Å². The number of likely N-dealkylation sites (tertiary alicyclic amines) is 1. The minimum Gasteiger partial charge on any atom is -0.496 e. The Kier molecular flexibility index (Phi) is 8.04. The molecule has 0 aromatic heterocycles.